The molecule has 0 fully saturated rings. The van der Waals surface area contributed by atoms with Gasteiger partial charge in [-0.25, -0.2) is 0 Å². The van der Waals surface area contributed by atoms with Gasteiger partial charge < -0.3 is 14.2 Å². The summed E-state index contributed by atoms with van der Waals surface area (Å²) in [5, 5.41) is 0. The van der Waals surface area contributed by atoms with Gasteiger partial charge in [0, 0.05) is 19.3 Å². The topological polar surface area (TPSA) is 78.9 Å². The zero-order valence-electron chi connectivity index (χ0n) is 34.8. The molecule has 306 valence electrons. The lowest BCUT2D eigenvalue weighted by molar-refractivity contribution is -0.167. The summed E-state index contributed by atoms with van der Waals surface area (Å²) >= 11 is 0. The summed E-state index contributed by atoms with van der Waals surface area (Å²) in [6, 6.07) is 0. The lowest BCUT2D eigenvalue weighted by Crippen LogP contribution is -2.30. The highest BCUT2D eigenvalue weighted by Crippen LogP contribution is 2.14. The molecule has 0 aromatic carbocycles. The normalized spacial score (nSPS) is 12.4. The second kappa shape index (κ2) is 42.1. The average molecular weight is 743 g/mol. The number of ether oxygens (including phenoxy) is 3. The number of carbonyl (C=O) groups excluding carboxylic acids is 3. The number of esters is 3. The first-order chi connectivity index (χ1) is 26.0. The van der Waals surface area contributed by atoms with Crippen LogP contribution in [0.1, 0.15) is 213 Å². The summed E-state index contributed by atoms with van der Waals surface area (Å²) in [6.07, 6.45) is 48.1. The molecule has 0 radical (unpaired) electrons. The standard InChI is InChI=1S/C47H82O6/c1-4-7-10-13-16-19-21-22-23-24-26-28-31-34-37-40-46(49)52-43-44(42-51-45(48)39-36-33-30-27-18-15-12-9-6-3)53-47(50)41-38-35-32-29-25-20-17-14-11-8-5-2/h7,10,16,19,22-23,26,28,44H,4-6,8-9,11-15,17-18,20-21,24-25,27,29-43H2,1-3H3/b10-7-,19-16-,23-22-,28-26-. The molecule has 0 bridgehead atoms. The third-order valence-electron chi connectivity index (χ3n) is 9.35. The third kappa shape index (κ3) is 40.4. The lowest BCUT2D eigenvalue weighted by atomic mass is 10.1. The van der Waals surface area contributed by atoms with Crippen LogP contribution in [0.15, 0.2) is 48.6 Å². The Kier molecular flexibility index (Phi) is 40.0. The van der Waals surface area contributed by atoms with Gasteiger partial charge in [0.05, 0.1) is 0 Å². The molecule has 0 spiro atoms. The van der Waals surface area contributed by atoms with Gasteiger partial charge >= 0.3 is 17.9 Å². The van der Waals surface area contributed by atoms with E-state index < -0.39 is 6.10 Å². The van der Waals surface area contributed by atoms with Crippen molar-refractivity contribution in [3.05, 3.63) is 48.6 Å². The predicted molar refractivity (Wildman–Crippen MR) is 224 cm³/mol. The molecular formula is C47H82O6. The van der Waals surface area contributed by atoms with Gasteiger partial charge in [0.2, 0.25) is 0 Å². The number of carbonyl (C=O) groups is 3. The van der Waals surface area contributed by atoms with Gasteiger partial charge in [0.15, 0.2) is 6.10 Å². The van der Waals surface area contributed by atoms with Gasteiger partial charge in [-0.15, -0.1) is 0 Å². The highest BCUT2D eigenvalue weighted by Gasteiger charge is 2.19. The van der Waals surface area contributed by atoms with E-state index in [9.17, 15) is 14.4 Å². The van der Waals surface area contributed by atoms with E-state index in [0.717, 1.165) is 83.5 Å². The monoisotopic (exact) mass is 743 g/mol. The zero-order chi connectivity index (χ0) is 38.7. The zero-order valence-corrected chi connectivity index (χ0v) is 34.8. The minimum absolute atomic E-state index is 0.0840. The SMILES string of the molecule is CC/C=C\C/C=C\C/C=C\C/C=C\CCCCC(=O)OCC(COC(=O)CCCCCCCCCCC)OC(=O)CCCCCCCCCCCCC. The Bertz CT molecular complexity index is 949. The van der Waals surface area contributed by atoms with Crippen molar-refractivity contribution in [3.8, 4) is 0 Å². The lowest BCUT2D eigenvalue weighted by Gasteiger charge is -2.18. The molecule has 53 heavy (non-hydrogen) atoms. The summed E-state index contributed by atoms with van der Waals surface area (Å²) in [5.41, 5.74) is 0. The molecule has 0 aliphatic carbocycles. The number of rotatable bonds is 39. The summed E-state index contributed by atoms with van der Waals surface area (Å²) in [7, 11) is 0. The molecule has 0 aromatic heterocycles. The van der Waals surface area contributed by atoms with Crippen LogP contribution in [0.25, 0.3) is 0 Å². The van der Waals surface area contributed by atoms with Crippen molar-refractivity contribution in [2.45, 2.75) is 219 Å². The molecule has 0 amide bonds. The molecule has 1 atom stereocenters. The molecule has 0 heterocycles. The van der Waals surface area contributed by atoms with Crippen LogP contribution in [0.5, 0.6) is 0 Å². The van der Waals surface area contributed by atoms with Crippen molar-refractivity contribution in [1.82, 2.24) is 0 Å². The van der Waals surface area contributed by atoms with Crippen molar-refractivity contribution in [2.75, 3.05) is 13.2 Å². The largest absolute Gasteiger partial charge is 0.462 e. The Morgan fingerprint density at radius 3 is 1.15 bits per heavy atom. The summed E-state index contributed by atoms with van der Waals surface area (Å²) < 4.78 is 16.6. The Labute approximate surface area is 327 Å². The quantitative estimate of drug-likeness (QED) is 0.0270. The Balaban J connectivity index is 4.42. The van der Waals surface area contributed by atoms with Crippen LogP contribution < -0.4 is 0 Å². The van der Waals surface area contributed by atoms with Crippen LogP contribution in [0.3, 0.4) is 0 Å². The molecule has 0 saturated heterocycles. The van der Waals surface area contributed by atoms with Gasteiger partial charge in [-0.05, 0) is 57.8 Å². The fourth-order valence-corrected chi connectivity index (χ4v) is 6.02. The van der Waals surface area contributed by atoms with Crippen LogP contribution in [-0.2, 0) is 28.6 Å². The molecule has 6 nitrogen and oxygen atoms in total. The maximum atomic E-state index is 12.7. The van der Waals surface area contributed by atoms with Crippen molar-refractivity contribution in [2.24, 2.45) is 0 Å². The van der Waals surface area contributed by atoms with E-state index in [0.29, 0.717) is 19.3 Å². The van der Waals surface area contributed by atoms with Crippen LogP contribution in [-0.4, -0.2) is 37.2 Å². The van der Waals surface area contributed by atoms with Gasteiger partial charge in [-0.3, -0.25) is 14.4 Å². The highest BCUT2D eigenvalue weighted by molar-refractivity contribution is 5.71. The molecule has 1 unspecified atom stereocenters. The second-order valence-corrected chi connectivity index (χ2v) is 14.6. The maximum Gasteiger partial charge on any atom is 0.306 e. The average Bonchev–Trinajstić information content (AvgIpc) is 3.15. The van der Waals surface area contributed by atoms with Crippen LogP contribution >= 0.6 is 0 Å². The van der Waals surface area contributed by atoms with Crippen molar-refractivity contribution in [1.29, 1.82) is 0 Å². The number of allylic oxidation sites excluding steroid dienone is 8. The van der Waals surface area contributed by atoms with E-state index in [4.69, 9.17) is 14.2 Å². The Morgan fingerprint density at radius 2 is 0.736 bits per heavy atom. The maximum absolute atomic E-state index is 12.7. The molecule has 6 heteroatoms. The van der Waals surface area contributed by atoms with E-state index in [1.807, 2.05) is 0 Å². The highest BCUT2D eigenvalue weighted by atomic mass is 16.6. The Morgan fingerprint density at radius 1 is 0.396 bits per heavy atom. The summed E-state index contributed by atoms with van der Waals surface area (Å²) in [4.78, 5) is 37.6. The fourth-order valence-electron chi connectivity index (χ4n) is 6.02. The molecular weight excluding hydrogens is 661 g/mol. The van der Waals surface area contributed by atoms with E-state index in [1.165, 1.54) is 89.9 Å². The van der Waals surface area contributed by atoms with Crippen molar-refractivity contribution >= 4 is 17.9 Å². The number of hydrogen-bond donors (Lipinski definition) is 0. The Hall–Kier alpha value is -2.63. The summed E-state index contributed by atoms with van der Waals surface area (Å²) in [6.45, 7) is 6.45. The van der Waals surface area contributed by atoms with Gasteiger partial charge in [-0.1, -0.05) is 185 Å². The van der Waals surface area contributed by atoms with Crippen molar-refractivity contribution in [3.63, 3.8) is 0 Å². The smallest absolute Gasteiger partial charge is 0.306 e. The second-order valence-electron chi connectivity index (χ2n) is 14.6. The van der Waals surface area contributed by atoms with Crippen molar-refractivity contribution < 1.29 is 28.6 Å². The molecule has 0 N–H and O–H groups in total. The minimum atomic E-state index is -0.782. The van der Waals surface area contributed by atoms with Crippen LogP contribution in [0.2, 0.25) is 0 Å². The number of hydrogen-bond acceptors (Lipinski definition) is 6. The van der Waals surface area contributed by atoms with E-state index >= 15 is 0 Å². The molecule has 0 aromatic rings. The minimum Gasteiger partial charge on any atom is -0.462 e. The van der Waals surface area contributed by atoms with Crippen LogP contribution in [0.4, 0.5) is 0 Å². The van der Waals surface area contributed by atoms with Gasteiger partial charge in [0.1, 0.15) is 13.2 Å². The van der Waals surface area contributed by atoms with Gasteiger partial charge in [0.25, 0.3) is 0 Å². The predicted octanol–water partition coefficient (Wildman–Crippen LogP) is 14.0. The third-order valence-corrected chi connectivity index (χ3v) is 9.35. The van der Waals surface area contributed by atoms with E-state index in [1.54, 1.807) is 0 Å². The summed E-state index contributed by atoms with van der Waals surface area (Å²) in [5.74, 6) is -0.931. The molecule has 0 rings (SSSR count). The first-order valence-electron chi connectivity index (χ1n) is 22.1. The van der Waals surface area contributed by atoms with Crippen LogP contribution in [0, 0.1) is 0 Å². The van der Waals surface area contributed by atoms with E-state index in [-0.39, 0.29) is 31.1 Å². The molecule has 0 aliphatic rings. The van der Waals surface area contributed by atoms with Gasteiger partial charge in [-0.2, -0.15) is 0 Å². The molecule has 0 aliphatic heterocycles. The molecule has 0 saturated carbocycles. The number of unbranched alkanes of at least 4 members (excludes halogenated alkanes) is 20. The fraction of sp³-hybridized carbons (Fsp3) is 0.766. The van der Waals surface area contributed by atoms with E-state index in [2.05, 4.69) is 69.4 Å². The first kappa shape index (κ1) is 50.4. The first-order valence-corrected chi connectivity index (χ1v) is 22.1.